The minimum Gasteiger partial charge on any atom is -0.249 e. The summed E-state index contributed by atoms with van der Waals surface area (Å²) in [6, 6.07) is 0. The first-order valence-electron chi connectivity index (χ1n) is 7.06. The maximum absolute atomic E-state index is 12.6. The molecule has 0 aromatic carbocycles. The highest BCUT2D eigenvalue weighted by molar-refractivity contribution is 7.89. The Kier molecular flexibility index (Phi) is 3.91. The molecule has 0 N–H and O–H groups in total. The summed E-state index contributed by atoms with van der Waals surface area (Å²) in [7, 11) is -3.08. The average molecular weight is 300 g/mol. The summed E-state index contributed by atoms with van der Waals surface area (Å²) in [5, 5.41) is 2.94. The van der Waals surface area contributed by atoms with E-state index in [1.807, 2.05) is 11.6 Å². The lowest BCUT2D eigenvalue weighted by Gasteiger charge is -2.32. The van der Waals surface area contributed by atoms with Gasteiger partial charge in [0.05, 0.1) is 10.3 Å². The van der Waals surface area contributed by atoms with Gasteiger partial charge in [0.1, 0.15) is 0 Å². The van der Waals surface area contributed by atoms with Crippen LogP contribution in [0.3, 0.4) is 0 Å². The minimum absolute atomic E-state index is 0.123. The summed E-state index contributed by atoms with van der Waals surface area (Å²) < 4.78 is 27.0. The van der Waals surface area contributed by atoms with E-state index < -0.39 is 10.0 Å². The predicted octanol–water partition coefficient (Wildman–Crippen LogP) is 2.59. The molecule has 2 aliphatic rings. The SMILES string of the molecule is O=S(=O)(C1CCCC1)N1CCCC(c2nccs2)C1. The van der Waals surface area contributed by atoms with Crippen LogP contribution in [-0.4, -0.2) is 36.0 Å². The van der Waals surface area contributed by atoms with Crippen molar-refractivity contribution in [3.63, 3.8) is 0 Å². The lowest BCUT2D eigenvalue weighted by molar-refractivity contribution is 0.311. The number of hydrogen-bond donors (Lipinski definition) is 0. The highest BCUT2D eigenvalue weighted by Gasteiger charge is 2.37. The third-order valence-electron chi connectivity index (χ3n) is 4.27. The van der Waals surface area contributed by atoms with Crippen LogP contribution in [0.1, 0.15) is 49.5 Å². The zero-order valence-corrected chi connectivity index (χ0v) is 12.6. The second-order valence-electron chi connectivity index (χ2n) is 5.52. The zero-order valence-electron chi connectivity index (χ0n) is 11.0. The summed E-state index contributed by atoms with van der Waals surface area (Å²) in [5.41, 5.74) is 0. The van der Waals surface area contributed by atoms with Gasteiger partial charge in [0.2, 0.25) is 10.0 Å². The molecule has 1 unspecified atom stereocenters. The van der Waals surface area contributed by atoms with Crippen molar-refractivity contribution in [2.75, 3.05) is 13.1 Å². The molecule has 1 aromatic heterocycles. The molecule has 1 atom stereocenters. The minimum atomic E-state index is -3.08. The summed E-state index contributed by atoms with van der Waals surface area (Å²) in [6.07, 6.45) is 7.65. The van der Waals surface area contributed by atoms with Crippen molar-refractivity contribution in [2.45, 2.75) is 49.7 Å². The van der Waals surface area contributed by atoms with Gasteiger partial charge in [-0.2, -0.15) is 0 Å². The molecular weight excluding hydrogens is 280 g/mol. The second-order valence-corrected chi connectivity index (χ2v) is 8.66. The molecule has 1 aliphatic carbocycles. The van der Waals surface area contributed by atoms with E-state index in [4.69, 9.17) is 0 Å². The van der Waals surface area contributed by atoms with E-state index in [9.17, 15) is 8.42 Å². The Labute approximate surface area is 118 Å². The maximum atomic E-state index is 12.6. The molecule has 1 saturated carbocycles. The molecule has 106 valence electrons. The summed E-state index contributed by atoms with van der Waals surface area (Å²) >= 11 is 1.64. The molecule has 0 radical (unpaired) electrons. The Balaban J connectivity index is 1.74. The van der Waals surface area contributed by atoms with Crippen molar-refractivity contribution in [2.24, 2.45) is 0 Å². The van der Waals surface area contributed by atoms with Crippen molar-refractivity contribution in [1.82, 2.24) is 9.29 Å². The van der Waals surface area contributed by atoms with E-state index in [1.54, 1.807) is 15.6 Å². The third kappa shape index (κ3) is 2.71. The Hall–Kier alpha value is -0.460. The molecule has 6 heteroatoms. The quantitative estimate of drug-likeness (QED) is 0.862. The van der Waals surface area contributed by atoms with Crippen LogP contribution in [0.4, 0.5) is 0 Å². The topological polar surface area (TPSA) is 50.3 Å². The molecule has 1 aromatic rings. The predicted molar refractivity (Wildman–Crippen MR) is 76.8 cm³/mol. The molecule has 0 spiro atoms. The molecule has 1 aliphatic heterocycles. The van der Waals surface area contributed by atoms with Crippen LogP contribution in [0.25, 0.3) is 0 Å². The van der Waals surface area contributed by atoms with Crippen molar-refractivity contribution < 1.29 is 8.42 Å². The Morgan fingerprint density at radius 1 is 1.21 bits per heavy atom. The lowest BCUT2D eigenvalue weighted by Crippen LogP contribution is -2.43. The Morgan fingerprint density at radius 2 is 2.00 bits per heavy atom. The van der Waals surface area contributed by atoms with Gasteiger partial charge in [0.15, 0.2) is 0 Å². The Bertz CT molecular complexity index is 507. The van der Waals surface area contributed by atoms with Crippen LogP contribution < -0.4 is 0 Å². The number of thiazole rings is 1. The molecule has 1 saturated heterocycles. The van der Waals surface area contributed by atoms with Gasteiger partial charge in [0, 0.05) is 30.6 Å². The second kappa shape index (κ2) is 5.50. The van der Waals surface area contributed by atoms with E-state index in [0.29, 0.717) is 19.0 Å². The first-order valence-corrected chi connectivity index (χ1v) is 9.44. The van der Waals surface area contributed by atoms with E-state index in [0.717, 1.165) is 43.5 Å². The van der Waals surface area contributed by atoms with Crippen LogP contribution in [-0.2, 0) is 10.0 Å². The lowest BCUT2D eigenvalue weighted by atomic mass is 10.0. The van der Waals surface area contributed by atoms with Gasteiger partial charge in [0.25, 0.3) is 0 Å². The fourth-order valence-electron chi connectivity index (χ4n) is 3.21. The number of aromatic nitrogens is 1. The number of rotatable bonds is 3. The molecule has 4 nitrogen and oxygen atoms in total. The van der Waals surface area contributed by atoms with Crippen LogP contribution in [0.5, 0.6) is 0 Å². The molecule has 0 bridgehead atoms. The summed E-state index contributed by atoms with van der Waals surface area (Å²) in [4.78, 5) is 4.35. The number of piperidine rings is 1. The molecule has 2 heterocycles. The monoisotopic (exact) mass is 300 g/mol. The van der Waals surface area contributed by atoms with E-state index in [-0.39, 0.29) is 5.25 Å². The number of sulfonamides is 1. The van der Waals surface area contributed by atoms with Crippen molar-refractivity contribution in [1.29, 1.82) is 0 Å². The first-order chi connectivity index (χ1) is 9.18. The van der Waals surface area contributed by atoms with Gasteiger partial charge < -0.3 is 0 Å². The Morgan fingerprint density at radius 3 is 2.68 bits per heavy atom. The fraction of sp³-hybridized carbons (Fsp3) is 0.769. The van der Waals surface area contributed by atoms with E-state index in [2.05, 4.69) is 4.98 Å². The van der Waals surface area contributed by atoms with Crippen LogP contribution in [0, 0.1) is 0 Å². The largest absolute Gasteiger partial charge is 0.249 e. The summed E-state index contributed by atoms with van der Waals surface area (Å²) in [5.74, 6) is 0.296. The number of hydrogen-bond acceptors (Lipinski definition) is 4. The normalized spacial score (nSPS) is 26.8. The zero-order chi connectivity index (χ0) is 13.3. The number of nitrogens with zero attached hydrogens (tertiary/aromatic N) is 2. The smallest absolute Gasteiger partial charge is 0.217 e. The first kappa shape index (κ1) is 13.5. The van der Waals surface area contributed by atoms with Gasteiger partial charge in [-0.15, -0.1) is 11.3 Å². The van der Waals surface area contributed by atoms with Crippen LogP contribution >= 0.6 is 11.3 Å². The van der Waals surface area contributed by atoms with Gasteiger partial charge in [-0.05, 0) is 25.7 Å². The average Bonchev–Trinajstić information content (AvgIpc) is 3.12. The molecule has 0 amide bonds. The van der Waals surface area contributed by atoms with Gasteiger partial charge in [-0.25, -0.2) is 17.7 Å². The molecular formula is C13H20N2O2S2. The van der Waals surface area contributed by atoms with Crippen molar-refractivity contribution >= 4 is 21.4 Å². The van der Waals surface area contributed by atoms with Crippen molar-refractivity contribution in [3.05, 3.63) is 16.6 Å². The maximum Gasteiger partial charge on any atom is 0.217 e. The van der Waals surface area contributed by atoms with Gasteiger partial charge in [-0.1, -0.05) is 12.8 Å². The van der Waals surface area contributed by atoms with Crippen LogP contribution in [0.2, 0.25) is 0 Å². The highest BCUT2D eigenvalue weighted by atomic mass is 32.2. The summed E-state index contributed by atoms with van der Waals surface area (Å²) in [6.45, 7) is 1.33. The van der Waals surface area contributed by atoms with E-state index >= 15 is 0 Å². The highest BCUT2D eigenvalue weighted by Crippen LogP contribution is 2.33. The molecule has 19 heavy (non-hydrogen) atoms. The van der Waals surface area contributed by atoms with Crippen molar-refractivity contribution in [3.8, 4) is 0 Å². The molecule has 3 rings (SSSR count). The van der Waals surface area contributed by atoms with Gasteiger partial charge >= 0.3 is 0 Å². The van der Waals surface area contributed by atoms with Gasteiger partial charge in [-0.3, -0.25) is 0 Å². The van der Waals surface area contributed by atoms with Crippen LogP contribution in [0.15, 0.2) is 11.6 Å². The fourth-order valence-corrected chi connectivity index (χ4v) is 6.10. The van der Waals surface area contributed by atoms with E-state index in [1.165, 1.54) is 0 Å². The third-order valence-corrected chi connectivity index (χ3v) is 7.57. The standard InChI is InChI=1S/C13H20N2O2S2/c16-19(17,12-5-1-2-6-12)15-8-3-4-11(10-15)13-14-7-9-18-13/h7,9,11-12H,1-6,8,10H2. The molecule has 2 fully saturated rings.